The van der Waals surface area contributed by atoms with Crippen LogP contribution >= 0.6 is 0 Å². The van der Waals surface area contributed by atoms with Crippen LogP contribution in [0.2, 0.25) is 0 Å². The van der Waals surface area contributed by atoms with Gasteiger partial charge in [0.05, 0.1) is 50.6 Å². The van der Waals surface area contributed by atoms with Gasteiger partial charge in [0.25, 0.3) is 5.69 Å². The van der Waals surface area contributed by atoms with Crippen LogP contribution in [-0.2, 0) is 6.54 Å². The van der Waals surface area contributed by atoms with E-state index in [1.807, 2.05) is 18.2 Å². The number of nitro groups is 1. The zero-order valence-electron chi connectivity index (χ0n) is 16.7. The number of hydrogen-bond donors (Lipinski definition) is 1. The predicted molar refractivity (Wildman–Crippen MR) is 111 cm³/mol. The lowest BCUT2D eigenvalue weighted by atomic mass is 10.1. The van der Waals surface area contributed by atoms with Crippen molar-refractivity contribution in [2.24, 2.45) is 5.10 Å². The second kappa shape index (κ2) is 9.46. The van der Waals surface area contributed by atoms with Crippen LogP contribution in [0.5, 0.6) is 17.2 Å². The maximum absolute atomic E-state index is 10.9. The van der Waals surface area contributed by atoms with Gasteiger partial charge in [0.2, 0.25) is 0 Å². The van der Waals surface area contributed by atoms with Gasteiger partial charge in [-0.2, -0.15) is 5.10 Å². The Labute approximate surface area is 173 Å². The first-order valence-corrected chi connectivity index (χ1v) is 8.95. The molecule has 1 heterocycles. The molecular weight excluding hydrogens is 390 g/mol. The maximum Gasteiger partial charge on any atom is 0.273 e. The van der Waals surface area contributed by atoms with Gasteiger partial charge in [-0.15, -0.1) is 0 Å². The summed E-state index contributed by atoms with van der Waals surface area (Å²) >= 11 is 0. The number of nitro benzene ring substituents is 1. The lowest BCUT2D eigenvalue weighted by molar-refractivity contribution is -0.384. The van der Waals surface area contributed by atoms with E-state index in [2.05, 4.69) is 10.5 Å². The Balaban J connectivity index is 1.66. The molecule has 2 aromatic carbocycles. The van der Waals surface area contributed by atoms with Crippen molar-refractivity contribution in [2.75, 3.05) is 21.3 Å². The minimum atomic E-state index is -0.476. The molecule has 9 nitrogen and oxygen atoms in total. The Bertz CT molecular complexity index is 1060. The molecule has 1 N–H and O–H groups in total. The quantitative estimate of drug-likeness (QED) is 0.322. The zero-order chi connectivity index (χ0) is 21.5. The van der Waals surface area contributed by atoms with E-state index >= 15 is 0 Å². The number of methoxy groups -OCH3 is 3. The van der Waals surface area contributed by atoms with Gasteiger partial charge >= 0.3 is 0 Å². The topological polar surface area (TPSA) is 108 Å². The molecule has 0 bridgehead atoms. The number of non-ortho nitro benzene ring substituents is 1. The molecule has 0 unspecified atom stereocenters. The molecule has 0 aliphatic carbocycles. The summed E-state index contributed by atoms with van der Waals surface area (Å²) in [5.41, 5.74) is 4.48. The summed E-state index contributed by atoms with van der Waals surface area (Å²) in [6.45, 7) is 0.487. The fourth-order valence-electron chi connectivity index (χ4n) is 2.80. The van der Waals surface area contributed by atoms with Crippen molar-refractivity contribution in [3.63, 3.8) is 0 Å². The van der Waals surface area contributed by atoms with E-state index in [-0.39, 0.29) is 5.69 Å². The molecule has 0 atom stereocenters. The first-order chi connectivity index (χ1) is 14.5. The van der Waals surface area contributed by atoms with E-state index in [4.69, 9.17) is 18.6 Å². The molecule has 0 radical (unpaired) electrons. The Kier molecular flexibility index (Phi) is 6.53. The number of rotatable bonds is 9. The smallest absolute Gasteiger partial charge is 0.273 e. The van der Waals surface area contributed by atoms with Crippen molar-refractivity contribution < 1.29 is 23.6 Å². The highest BCUT2D eigenvalue weighted by atomic mass is 16.6. The molecule has 156 valence electrons. The van der Waals surface area contributed by atoms with Crippen molar-refractivity contribution in [2.45, 2.75) is 6.54 Å². The standard InChI is InChI=1S/C21H21N3O6/c1-27-19-8-4-14(10-21(19)29-3)12-22-23-13-16-6-9-18(30-16)17-7-5-15(24(25)26)11-20(17)28-2/h4-11,13,22H,12H2,1-3H3/b23-13+. The van der Waals surface area contributed by atoms with Crippen LogP contribution < -0.4 is 19.6 Å². The van der Waals surface area contributed by atoms with Gasteiger partial charge in [-0.1, -0.05) is 6.07 Å². The van der Waals surface area contributed by atoms with Gasteiger partial charge in [0.15, 0.2) is 11.5 Å². The minimum absolute atomic E-state index is 0.0525. The fourth-order valence-corrected chi connectivity index (χ4v) is 2.80. The van der Waals surface area contributed by atoms with Gasteiger partial charge in [0, 0.05) is 6.07 Å². The summed E-state index contributed by atoms with van der Waals surface area (Å²) < 4.78 is 21.5. The van der Waals surface area contributed by atoms with Crippen molar-refractivity contribution in [3.8, 4) is 28.6 Å². The third kappa shape index (κ3) is 4.69. The lowest BCUT2D eigenvalue weighted by Crippen LogP contribution is -2.05. The van der Waals surface area contributed by atoms with Crippen molar-refractivity contribution in [3.05, 3.63) is 70.0 Å². The third-order valence-electron chi connectivity index (χ3n) is 4.30. The van der Waals surface area contributed by atoms with E-state index in [0.29, 0.717) is 40.9 Å². The lowest BCUT2D eigenvalue weighted by Gasteiger charge is -2.09. The minimum Gasteiger partial charge on any atom is -0.496 e. The van der Waals surface area contributed by atoms with Gasteiger partial charge < -0.3 is 24.1 Å². The Morgan fingerprint density at radius 2 is 1.77 bits per heavy atom. The molecule has 3 rings (SSSR count). The van der Waals surface area contributed by atoms with Crippen molar-refractivity contribution in [1.29, 1.82) is 0 Å². The first-order valence-electron chi connectivity index (χ1n) is 8.95. The molecular formula is C21H21N3O6. The highest BCUT2D eigenvalue weighted by Crippen LogP contribution is 2.34. The summed E-state index contributed by atoms with van der Waals surface area (Å²) in [4.78, 5) is 10.5. The number of benzene rings is 2. The number of furan rings is 1. The molecule has 0 aliphatic rings. The number of nitrogens with zero attached hydrogens (tertiary/aromatic N) is 2. The van der Waals surface area contributed by atoms with Crippen LogP contribution in [0.15, 0.2) is 58.0 Å². The molecule has 0 amide bonds. The summed E-state index contributed by atoms with van der Waals surface area (Å²) in [7, 11) is 4.62. The van der Waals surface area contributed by atoms with Crippen molar-refractivity contribution >= 4 is 11.9 Å². The molecule has 0 fully saturated rings. The second-order valence-electron chi connectivity index (χ2n) is 6.13. The second-order valence-corrected chi connectivity index (χ2v) is 6.13. The number of nitrogens with one attached hydrogen (secondary N) is 1. The van der Waals surface area contributed by atoms with E-state index < -0.39 is 4.92 Å². The Morgan fingerprint density at radius 1 is 1.00 bits per heavy atom. The van der Waals surface area contributed by atoms with Gasteiger partial charge in [-0.25, -0.2) is 0 Å². The van der Waals surface area contributed by atoms with E-state index in [0.717, 1.165) is 5.56 Å². The van der Waals surface area contributed by atoms with Crippen LogP contribution in [0.3, 0.4) is 0 Å². The largest absolute Gasteiger partial charge is 0.496 e. The maximum atomic E-state index is 10.9. The fraction of sp³-hybridized carbons (Fsp3) is 0.190. The summed E-state index contributed by atoms with van der Waals surface area (Å²) in [5, 5.41) is 15.1. The highest BCUT2D eigenvalue weighted by molar-refractivity contribution is 5.78. The highest BCUT2D eigenvalue weighted by Gasteiger charge is 2.15. The van der Waals surface area contributed by atoms with Crippen molar-refractivity contribution in [1.82, 2.24) is 5.43 Å². The van der Waals surface area contributed by atoms with Crippen LogP contribution in [0.1, 0.15) is 11.3 Å². The van der Waals surface area contributed by atoms with E-state index in [9.17, 15) is 10.1 Å². The number of hydrogen-bond acceptors (Lipinski definition) is 8. The monoisotopic (exact) mass is 411 g/mol. The molecule has 1 aromatic heterocycles. The number of ether oxygens (including phenoxy) is 3. The molecule has 3 aromatic rings. The molecule has 9 heteroatoms. The van der Waals surface area contributed by atoms with Gasteiger partial charge in [-0.3, -0.25) is 10.1 Å². The Morgan fingerprint density at radius 3 is 2.47 bits per heavy atom. The first kappa shape index (κ1) is 20.7. The normalized spacial score (nSPS) is 10.8. The molecule has 0 saturated heterocycles. The molecule has 30 heavy (non-hydrogen) atoms. The van der Waals surface area contributed by atoms with Gasteiger partial charge in [-0.05, 0) is 35.9 Å². The number of hydrazone groups is 1. The van der Waals surface area contributed by atoms with Gasteiger partial charge in [0.1, 0.15) is 17.3 Å². The third-order valence-corrected chi connectivity index (χ3v) is 4.30. The summed E-state index contributed by atoms with van der Waals surface area (Å²) in [5.74, 6) is 2.70. The molecule has 0 aliphatic heterocycles. The zero-order valence-corrected chi connectivity index (χ0v) is 16.7. The van der Waals surface area contributed by atoms with E-state index in [1.165, 1.54) is 19.2 Å². The summed E-state index contributed by atoms with van der Waals surface area (Å²) in [6, 6.07) is 13.5. The van der Waals surface area contributed by atoms with Crippen LogP contribution in [-0.4, -0.2) is 32.5 Å². The summed E-state index contributed by atoms with van der Waals surface area (Å²) in [6.07, 6.45) is 1.54. The SMILES string of the molecule is COc1ccc(CN/N=C/c2ccc(-c3ccc([N+](=O)[O-])cc3OC)o2)cc1OC. The average Bonchev–Trinajstić information content (AvgIpc) is 3.24. The average molecular weight is 411 g/mol. The van der Waals surface area contributed by atoms with E-state index in [1.54, 1.807) is 38.6 Å². The molecule has 0 spiro atoms. The van der Waals surface area contributed by atoms with Crippen LogP contribution in [0.4, 0.5) is 5.69 Å². The van der Waals surface area contributed by atoms with Crippen LogP contribution in [0, 0.1) is 10.1 Å². The molecule has 0 saturated carbocycles. The van der Waals surface area contributed by atoms with Crippen LogP contribution in [0.25, 0.3) is 11.3 Å². The Hall–Kier alpha value is -4.01. The predicted octanol–water partition coefficient (Wildman–Crippen LogP) is 4.00.